The van der Waals surface area contributed by atoms with Crippen molar-refractivity contribution < 1.29 is 4.39 Å². The Morgan fingerprint density at radius 1 is 1.24 bits per heavy atom. The van der Waals surface area contributed by atoms with Crippen LogP contribution in [0.4, 0.5) is 4.39 Å². The maximum atomic E-state index is 12.9. The van der Waals surface area contributed by atoms with Gasteiger partial charge in [-0.2, -0.15) is 0 Å². The molecule has 0 aromatic heterocycles. The molecule has 0 saturated heterocycles. The third-order valence-electron chi connectivity index (χ3n) is 3.07. The summed E-state index contributed by atoms with van der Waals surface area (Å²) < 4.78 is 12.9. The van der Waals surface area contributed by atoms with Gasteiger partial charge in [0.15, 0.2) is 0 Å². The summed E-state index contributed by atoms with van der Waals surface area (Å²) in [6.45, 7) is 5.99. The molecule has 1 unspecified atom stereocenters. The van der Waals surface area contributed by atoms with E-state index in [-0.39, 0.29) is 11.9 Å². The van der Waals surface area contributed by atoms with Crippen LogP contribution in [0, 0.1) is 11.7 Å². The van der Waals surface area contributed by atoms with Gasteiger partial charge in [0.25, 0.3) is 0 Å². The van der Waals surface area contributed by atoms with E-state index < -0.39 is 0 Å². The van der Waals surface area contributed by atoms with Crippen molar-refractivity contribution in [3.05, 3.63) is 35.6 Å². The van der Waals surface area contributed by atoms with E-state index >= 15 is 0 Å². The lowest BCUT2D eigenvalue weighted by molar-refractivity contribution is 0.236. The number of benzene rings is 1. The van der Waals surface area contributed by atoms with Crippen LogP contribution >= 0.6 is 0 Å². The SMILES string of the molecule is CC(C)CCN(C)C(CN)c1ccc(F)cc1. The van der Waals surface area contributed by atoms with Crippen LogP contribution in [0.2, 0.25) is 0 Å². The van der Waals surface area contributed by atoms with Crippen molar-refractivity contribution in [1.29, 1.82) is 0 Å². The molecule has 96 valence electrons. The van der Waals surface area contributed by atoms with Crippen molar-refractivity contribution in [3.8, 4) is 0 Å². The Hall–Kier alpha value is -0.930. The second-order valence-corrected chi connectivity index (χ2v) is 4.97. The second-order valence-electron chi connectivity index (χ2n) is 4.97. The molecule has 1 rings (SSSR count). The van der Waals surface area contributed by atoms with Gasteiger partial charge in [-0.1, -0.05) is 26.0 Å². The summed E-state index contributed by atoms with van der Waals surface area (Å²) in [5.41, 5.74) is 6.90. The van der Waals surface area contributed by atoms with Crippen LogP contribution in [-0.2, 0) is 0 Å². The Bertz CT molecular complexity index is 321. The summed E-state index contributed by atoms with van der Waals surface area (Å²) in [7, 11) is 2.07. The maximum absolute atomic E-state index is 12.9. The van der Waals surface area contributed by atoms with Gasteiger partial charge < -0.3 is 5.73 Å². The quantitative estimate of drug-likeness (QED) is 0.825. The standard InChI is InChI=1S/C14H23FN2/c1-11(2)8-9-17(3)14(10-16)12-4-6-13(15)7-5-12/h4-7,11,14H,8-10,16H2,1-3H3. The Morgan fingerprint density at radius 2 is 1.82 bits per heavy atom. The highest BCUT2D eigenvalue weighted by Crippen LogP contribution is 2.19. The molecule has 0 bridgehead atoms. The highest BCUT2D eigenvalue weighted by molar-refractivity contribution is 5.20. The van der Waals surface area contributed by atoms with Crippen LogP contribution in [0.25, 0.3) is 0 Å². The van der Waals surface area contributed by atoms with Crippen LogP contribution < -0.4 is 5.73 Å². The van der Waals surface area contributed by atoms with Gasteiger partial charge in [-0.05, 0) is 43.6 Å². The first-order chi connectivity index (χ1) is 8.04. The molecule has 0 radical (unpaired) electrons. The van der Waals surface area contributed by atoms with Crippen LogP contribution in [0.5, 0.6) is 0 Å². The van der Waals surface area contributed by atoms with E-state index in [0.717, 1.165) is 18.5 Å². The predicted molar refractivity (Wildman–Crippen MR) is 70.3 cm³/mol. The second kappa shape index (κ2) is 6.72. The van der Waals surface area contributed by atoms with Crippen molar-refractivity contribution in [2.75, 3.05) is 20.1 Å². The highest BCUT2D eigenvalue weighted by atomic mass is 19.1. The molecule has 2 nitrogen and oxygen atoms in total. The number of rotatable bonds is 6. The number of hydrogen-bond donors (Lipinski definition) is 1. The van der Waals surface area contributed by atoms with Gasteiger partial charge >= 0.3 is 0 Å². The van der Waals surface area contributed by atoms with Crippen molar-refractivity contribution in [2.45, 2.75) is 26.3 Å². The first-order valence-electron chi connectivity index (χ1n) is 6.20. The van der Waals surface area contributed by atoms with E-state index in [1.165, 1.54) is 12.1 Å². The minimum Gasteiger partial charge on any atom is -0.329 e. The van der Waals surface area contributed by atoms with E-state index in [4.69, 9.17) is 5.73 Å². The molecule has 0 fully saturated rings. The lowest BCUT2D eigenvalue weighted by atomic mass is 10.0. The lowest BCUT2D eigenvalue weighted by Crippen LogP contribution is -2.31. The molecule has 0 amide bonds. The average Bonchev–Trinajstić information content (AvgIpc) is 2.30. The molecule has 2 N–H and O–H groups in total. The van der Waals surface area contributed by atoms with Gasteiger partial charge in [0.2, 0.25) is 0 Å². The van der Waals surface area contributed by atoms with Crippen LogP contribution in [0.15, 0.2) is 24.3 Å². The fourth-order valence-electron chi connectivity index (χ4n) is 1.87. The van der Waals surface area contributed by atoms with Gasteiger partial charge in [0, 0.05) is 12.6 Å². The number of nitrogens with two attached hydrogens (primary N) is 1. The lowest BCUT2D eigenvalue weighted by Gasteiger charge is -2.28. The van der Waals surface area contributed by atoms with E-state index in [1.807, 2.05) is 12.1 Å². The Labute approximate surface area is 104 Å². The summed E-state index contributed by atoms with van der Waals surface area (Å²) in [5, 5.41) is 0. The molecule has 1 aromatic rings. The fraction of sp³-hybridized carbons (Fsp3) is 0.571. The maximum Gasteiger partial charge on any atom is 0.123 e. The number of likely N-dealkylation sites (N-methyl/N-ethyl adjacent to an activating group) is 1. The molecule has 1 atom stereocenters. The third kappa shape index (κ3) is 4.44. The third-order valence-corrected chi connectivity index (χ3v) is 3.07. The molecular weight excluding hydrogens is 215 g/mol. The average molecular weight is 238 g/mol. The summed E-state index contributed by atoms with van der Waals surface area (Å²) in [4.78, 5) is 2.24. The van der Waals surface area contributed by atoms with Crippen molar-refractivity contribution in [3.63, 3.8) is 0 Å². The van der Waals surface area contributed by atoms with Crippen LogP contribution in [-0.4, -0.2) is 25.0 Å². The van der Waals surface area contributed by atoms with Gasteiger partial charge in [0.05, 0.1) is 0 Å². The normalized spacial score (nSPS) is 13.4. The van der Waals surface area contributed by atoms with Crippen molar-refractivity contribution in [1.82, 2.24) is 4.90 Å². The zero-order valence-corrected chi connectivity index (χ0v) is 11.0. The molecule has 0 spiro atoms. The topological polar surface area (TPSA) is 29.3 Å². The number of nitrogens with zero attached hydrogens (tertiary/aromatic N) is 1. The molecule has 3 heteroatoms. The molecule has 1 aromatic carbocycles. The Balaban J connectivity index is 2.66. The molecule has 17 heavy (non-hydrogen) atoms. The summed E-state index contributed by atoms with van der Waals surface area (Å²) in [6, 6.07) is 6.80. The fourth-order valence-corrected chi connectivity index (χ4v) is 1.87. The first-order valence-corrected chi connectivity index (χ1v) is 6.20. The Kier molecular flexibility index (Phi) is 5.59. The minimum atomic E-state index is -0.200. The zero-order valence-electron chi connectivity index (χ0n) is 11.0. The van der Waals surface area contributed by atoms with E-state index in [1.54, 1.807) is 0 Å². The van der Waals surface area contributed by atoms with Crippen molar-refractivity contribution in [2.24, 2.45) is 11.7 Å². The minimum absolute atomic E-state index is 0.175. The summed E-state index contributed by atoms with van der Waals surface area (Å²) in [6.07, 6.45) is 1.15. The van der Waals surface area contributed by atoms with Gasteiger partial charge in [-0.25, -0.2) is 4.39 Å². The molecule has 0 aliphatic heterocycles. The predicted octanol–water partition coefficient (Wildman–Crippen LogP) is 2.80. The van der Waals surface area contributed by atoms with Crippen LogP contribution in [0.1, 0.15) is 31.9 Å². The van der Waals surface area contributed by atoms with Gasteiger partial charge in [0.1, 0.15) is 5.82 Å². The van der Waals surface area contributed by atoms with Crippen molar-refractivity contribution >= 4 is 0 Å². The molecule has 0 aliphatic carbocycles. The molecular formula is C14H23FN2. The van der Waals surface area contributed by atoms with Gasteiger partial charge in [-0.15, -0.1) is 0 Å². The first kappa shape index (κ1) is 14.1. The number of hydrogen-bond acceptors (Lipinski definition) is 2. The smallest absolute Gasteiger partial charge is 0.123 e. The molecule has 0 aliphatic rings. The van der Waals surface area contributed by atoms with E-state index in [0.29, 0.717) is 12.5 Å². The zero-order chi connectivity index (χ0) is 12.8. The largest absolute Gasteiger partial charge is 0.329 e. The van der Waals surface area contributed by atoms with E-state index in [2.05, 4.69) is 25.8 Å². The van der Waals surface area contributed by atoms with Gasteiger partial charge in [-0.3, -0.25) is 4.90 Å². The molecule has 0 heterocycles. The Morgan fingerprint density at radius 3 is 2.29 bits per heavy atom. The summed E-state index contributed by atoms with van der Waals surface area (Å²) in [5.74, 6) is 0.485. The summed E-state index contributed by atoms with van der Waals surface area (Å²) >= 11 is 0. The molecule has 0 saturated carbocycles. The van der Waals surface area contributed by atoms with Crippen LogP contribution in [0.3, 0.4) is 0 Å². The highest BCUT2D eigenvalue weighted by Gasteiger charge is 2.15. The monoisotopic (exact) mass is 238 g/mol. The van der Waals surface area contributed by atoms with E-state index in [9.17, 15) is 4.39 Å². The number of halogens is 1.